The Kier molecular flexibility index (Phi) is 6.66. The molecule has 0 bridgehead atoms. The Hall–Kier alpha value is -2.23. The second-order valence-corrected chi connectivity index (χ2v) is 12.5. The second kappa shape index (κ2) is 9.19. The number of aromatic nitrogens is 4. The van der Waals surface area contributed by atoms with Crippen molar-refractivity contribution in [2.24, 2.45) is 0 Å². The molecule has 2 atom stereocenters. The molecule has 4 rings (SSSR count). The zero-order valence-electron chi connectivity index (χ0n) is 17.8. The van der Waals surface area contributed by atoms with E-state index in [-0.39, 0.29) is 27.6 Å². The van der Waals surface area contributed by atoms with Gasteiger partial charge in [-0.15, -0.1) is 16.9 Å². The van der Waals surface area contributed by atoms with Crippen LogP contribution in [0.2, 0.25) is 0 Å². The van der Waals surface area contributed by atoms with E-state index in [0.717, 1.165) is 22.7 Å². The van der Waals surface area contributed by atoms with E-state index in [1.165, 1.54) is 28.4 Å². The molecule has 0 radical (unpaired) electrons. The summed E-state index contributed by atoms with van der Waals surface area (Å²) in [5.74, 6) is -1.31. The van der Waals surface area contributed by atoms with E-state index in [9.17, 15) is 24.3 Å². The number of nitrogens with one attached hydrogen (secondary N) is 1. The molecule has 2 N–H and O–H groups in total. The van der Waals surface area contributed by atoms with E-state index in [0.29, 0.717) is 27.1 Å². The van der Waals surface area contributed by atoms with Gasteiger partial charge in [0.05, 0.1) is 12.0 Å². The number of hydrogen-bond acceptors (Lipinski definition) is 11. The molecule has 0 aromatic carbocycles. The summed E-state index contributed by atoms with van der Waals surface area (Å²) in [6, 6.07) is -0.797. The van der Waals surface area contributed by atoms with Gasteiger partial charge in [0.1, 0.15) is 17.1 Å². The van der Waals surface area contributed by atoms with Gasteiger partial charge in [-0.25, -0.2) is 9.48 Å². The zero-order chi connectivity index (χ0) is 23.9. The fourth-order valence-corrected chi connectivity index (χ4v) is 7.63. The summed E-state index contributed by atoms with van der Waals surface area (Å²) in [5, 5.41) is 25.9. The van der Waals surface area contributed by atoms with Crippen LogP contribution in [0.15, 0.2) is 26.6 Å². The van der Waals surface area contributed by atoms with Crippen molar-refractivity contribution in [2.45, 2.75) is 49.3 Å². The summed E-state index contributed by atoms with van der Waals surface area (Å²) in [5.41, 5.74) is 0.214. The minimum Gasteiger partial charge on any atom is -0.477 e. The maximum atomic E-state index is 12.8. The van der Waals surface area contributed by atoms with E-state index in [1.807, 2.05) is 20.8 Å². The molecule has 0 aliphatic carbocycles. The number of amides is 2. The SMILES string of the molecule is CC(C)(C)n1nnnc1SCC1=C(C(=O)O)N2C(=O)C(NC(=O)Cc3csc(=O)s3)C2SC1. The predicted molar refractivity (Wildman–Crippen MR) is 125 cm³/mol. The van der Waals surface area contributed by atoms with Crippen molar-refractivity contribution in [1.29, 1.82) is 0 Å². The summed E-state index contributed by atoms with van der Waals surface area (Å²) in [6.07, 6.45) is 0.0105. The Balaban J connectivity index is 1.45. The highest BCUT2D eigenvalue weighted by molar-refractivity contribution is 8.01. The first-order valence-electron chi connectivity index (χ1n) is 9.75. The molecule has 2 unspecified atom stereocenters. The van der Waals surface area contributed by atoms with Gasteiger partial charge in [0.25, 0.3) is 9.96 Å². The monoisotopic (exact) mass is 528 g/mol. The Morgan fingerprint density at radius 3 is 2.73 bits per heavy atom. The molecular weight excluding hydrogens is 509 g/mol. The summed E-state index contributed by atoms with van der Waals surface area (Å²) < 4.78 is 1.58. The Labute approximate surface area is 204 Å². The normalized spacial score (nSPS) is 20.5. The largest absolute Gasteiger partial charge is 0.477 e. The molecule has 0 saturated carbocycles. The number of carboxylic acid groups (broad SMARTS) is 1. The summed E-state index contributed by atoms with van der Waals surface area (Å²) in [6.45, 7) is 5.88. The molecule has 176 valence electrons. The third-order valence-electron chi connectivity index (χ3n) is 4.85. The first-order valence-corrected chi connectivity index (χ1v) is 13.5. The van der Waals surface area contributed by atoms with Crippen molar-refractivity contribution < 1.29 is 19.5 Å². The smallest absolute Gasteiger partial charge is 0.352 e. The van der Waals surface area contributed by atoms with Crippen LogP contribution < -0.4 is 9.37 Å². The van der Waals surface area contributed by atoms with Crippen LogP contribution >= 0.6 is 46.2 Å². The summed E-state index contributed by atoms with van der Waals surface area (Å²) in [7, 11) is 0. The van der Waals surface area contributed by atoms with E-state index in [2.05, 4.69) is 20.8 Å². The van der Waals surface area contributed by atoms with Crippen molar-refractivity contribution in [3.63, 3.8) is 0 Å². The number of carboxylic acids is 1. The van der Waals surface area contributed by atoms with Crippen LogP contribution in [0.3, 0.4) is 0 Å². The molecule has 2 aliphatic heterocycles. The number of fused-ring (bicyclic) bond motifs is 1. The molecule has 1 saturated heterocycles. The van der Waals surface area contributed by atoms with Crippen molar-refractivity contribution in [3.05, 3.63) is 30.4 Å². The van der Waals surface area contributed by atoms with Crippen LogP contribution in [-0.2, 0) is 26.3 Å². The van der Waals surface area contributed by atoms with Gasteiger partial charge in [-0.2, -0.15) is 0 Å². The quantitative estimate of drug-likeness (QED) is 0.394. The van der Waals surface area contributed by atoms with Crippen LogP contribution in [0.4, 0.5) is 0 Å². The molecular formula is C18H20N6O5S4. The Morgan fingerprint density at radius 1 is 1.33 bits per heavy atom. The number of carbonyl (C=O) groups excluding carboxylic acids is 2. The van der Waals surface area contributed by atoms with Crippen molar-refractivity contribution in [1.82, 2.24) is 30.4 Å². The van der Waals surface area contributed by atoms with Crippen LogP contribution in [0, 0.1) is 0 Å². The van der Waals surface area contributed by atoms with Gasteiger partial charge >= 0.3 is 5.97 Å². The highest BCUT2D eigenvalue weighted by Crippen LogP contribution is 2.41. The number of nitrogens with zero attached hydrogens (tertiary/aromatic N) is 5. The van der Waals surface area contributed by atoms with E-state index >= 15 is 0 Å². The number of hydrogen-bond donors (Lipinski definition) is 2. The highest BCUT2D eigenvalue weighted by Gasteiger charge is 2.54. The van der Waals surface area contributed by atoms with Gasteiger partial charge in [-0.05, 0) is 36.8 Å². The number of carbonyl (C=O) groups is 3. The third kappa shape index (κ3) is 4.85. The maximum absolute atomic E-state index is 12.8. The minimum absolute atomic E-state index is 0.0105. The number of aliphatic carboxylic acids is 1. The molecule has 2 aromatic heterocycles. The van der Waals surface area contributed by atoms with Crippen LogP contribution in [-0.4, -0.2) is 70.9 Å². The topological polar surface area (TPSA) is 147 Å². The maximum Gasteiger partial charge on any atom is 0.352 e. The molecule has 1 fully saturated rings. The van der Waals surface area contributed by atoms with Crippen molar-refractivity contribution in [2.75, 3.05) is 11.5 Å². The molecule has 2 aromatic rings. The fourth-order valence-electron chi connectivity index (χ4n) is 3.37. The lowest BCUT2D eigenvalue weighted by Crippen LogP contribution is -2.70. The average Bonchev–Trinajstić information content (AvgIpc) is 3.38. The second-order valence-electron chi connectivity index (χ2n) is 8.28. The molecule has 11 nitrogen and oxygen atoms in total. The Bertz CT molecular complexity index is 1200. The number of tetrazole rings is 1. The third-order valence-corrected chi connectivity index (χ3v) is 9.17. The number of rotatable bonds is 7. The lowest BCUT2D eigenvalue weighted by atomic mass is 10.0. The highest BCUT2D eigenvalue weighted by atomic mass is 32.2. The lowest BCUT2D eigenvalue weighted by molar-refractivity contribution is -0.150. The first-order chi connectivity index (χ1) is 15.6. The molecule has 2 aliphatic rings. The van der Waals surface area contributed by atoms with Gasteiger partial charge in [-0.3, -0.25) is 19.3 Å². The molecule has 4 heterocycles. The first kappa shape index (κ1) is 23.9. The summed E-state index contributed by atoms with van der Waals surface area (Å²) >= 11 is 4.75. The van der Waals surface area contributed by atoms with Crippen molar-refractivity contribution >= 4 is 64.0 Å². The lowest BCUT2D eigenvalue weighted by Gasteiger charge is -2.49. The molecule has 2 amide bonds. The van der Waals surface area contributed by atoms with Gasteiger partial charge in [-0.1, -0.05) is 34.4 Å². The van der Waals surface area contributed by atoms with Crippen LogP contribution in [0.1, 0.15) is 25.6 Å². The van der Waals surface area contributed by atoms with Gasteiger partial charge in [0, 0.05) is 21.8 Å². The number of β-lactam (4-membered cyclic amide) rings is 1. The zero-order valence-corrected chi connectivity index (χ0v) is 21.1. The molecule has 15 heteroatoms. The van der Waals surface area contributed by atoms with E-state index < -0.39 is 23.3 Å². The van der Waals surface area contributed by atoms with Crippen LogP contribution in [0.25, 0.3) is 0 Å². The van der Waals surface area contributed by atoms with Gasteiger partial charge in [0.2, 0.25) is 11.1 Å². The summed E-state index contributed by atoms with van der Waals surface area (Å²) in [4.78, 5) is 50.3. The minimum atomic E-state index is -1.19. The standard InChI is InChI=1S/C18H20N6O5S4/c1-18(2,3)24-16(20-21-22-24)31-6-8-5-30-14-11(13(26)23(14)12(8)15(27)28)19-10(25)4-9-7-32-17(29)33-9/h7,11,14H,4-6H2,1-3H3,(H,19,25)(H,27,28). The Morgan fingerprint density at radius 2 is 2.09 bits per heavy atom. The van der Waals surface area contributed by atoms with E-state index in [4.69, 9.17) is 0 Å². The predicted octanol–water partition coefficient (Wildman–Crippen LogP) is 0.985. The van der Waals surface area contributed by atoms with Gasteiger partial charge in [0.15, 0.2) is 0 Å². The molecule has 0 spiro atoms. The number of thioether (sulfide) groups is 2. The van der Waals surface area contributed by atoms with Gasteiger partial charge < -0.3 is 10.4 Å². The van der Waals surface area contributed by atoms with Crippen LogP contribution in [0.5, 0.6) is 0 Å². The molecule has 33 heavy (non-hydrogen) atoms. The average molecular weight is 529 g/mol. The van der Waals surface area contributed by atoms with E-state index in [1.54, 1.807) is 10.1 Å². The van der Waals surface area contributed by atoms with Crippen molar-refractivity contribution in [3.8, 4) is 0 Å². The fraction of sp³-hybridized carbons (Fsp3) is 0.500.